The normalized spacial score (nSPS) is 16.6. The summed E-state index contributed by atoms with van der Waals surface area (Å²) in [6.07, 6.45) is 0. The molecule has 0 radical (unpaired) electrons. The number of H-pyrrole nitrogens is 2. The maximum atomic E-state index is 12.4. The highest BCUT2D eigenvalue weighted by atomic mass is 79.9. The van der Waals surface area contributed by atoms with Gasteiger partial charge in [-0.2, -0.15) is 0 Å². The Morgan fingerprint density at radius 2 is 1.88 bits per heavy atom. The lowest BCUT2D eigenvalue weighted by Crippen LogP contribution is -2.37. The first kappa shape index (κ1) is 17.0. The third-order valence-electron chi connectivity index (χ3n) is 4.08. The third-order valence-corrected chi connectivity index (χ3v) is 5.55. The van der Waals surface area contributed by atoms with Crippen LogP contribution >= 0.6 is 15.9 Å². The maximum absolute atomic E-state index is 12.4. The van der Waals surface area contributed by atoms with Gasteiger partial charge < -0.3 is 24.9 Å². The monoisotopic (exact) mass is 396 g/mol. The summed E-state index contributed by atoms with van der Waals surface area (Å²) < 4.78 is 5.40. The molecule has 0 aliphatic carbocycles. The Kier molecular flexibility index (Phi) is 4.96. The van der Waals surface area contributed by atoms with Crippen molar-refractivity contribution in [3.05, 3.63) is 22.6 Å². The molecule has 3 N–H and O–H groups in total. The number of nitrogens with one attached hydrogen (secondary N) is 3. The van der Waals surface area contributed by atoms with Crippen LogP contribution in [-0.2, 0) is 9.53 Å². The number of morpholine rings is 1. The van der Waals surface area contributed by atoms with Crippen molar-refractivity contribution in [1.29, 1.82) is 0 Å². The summed E-state index contributed by atoms with van der Waals surface area (Å²) >= 11 is 3.43. The Hall–Kier alpha value is -1.80. The molecule has 130 valence electrons. The van der Waals surface area contributed by atoms with Gasteiger partial charge in [-0.15, -0.1) is 0 Å². The van der Waals surface area contributed by atoms with Gasteiger partial charge in [-0.3, -0.25) is 4.79 Å². The molecule has 24 heavy (non-hydrogen) atoms. The van der Waals surface area contributed by atoms with Crippen molar-refractivity contribution in [3.63, 3.8) is 0 Å². The van der Waals surface area contributed by atoms with Crippen molar-refractivity contribution >= 4 is 44.2 Å². The lowest BCUT2D eigenvalue weighted by atomic mass is 10.1. The first-order chi connectivity index (χ1) is 11.5. The van der Waals surface area contributed by atoms with Crippen LogP contribution in [0.4, 0.5) is 11.4 Å². The standard InChI is InChI=1S/C16H21BrN4O3/c1-9(2)14(17)15(22)18-12-7-10-11(20-16(23)19-10)8-13(12)21-3-5-24-6-4-21/h7-9,14H,3-6H2,1-2H3,(H,18,22)(H2,19,20,23)/t14-/m1/s1. The van der Waals surface area contributed by atoms with Gasteiger partial charge in [-0.25, -0.2) is 4.79 Å². The highest BCUT2D eigenvalue weighted by Crippen LogP contribution is 2.31. The molecule has 7 nitrogen and oxygen atoms in total. The van der Waals surface area contributed by atoms with Crippen LogP contribution in [0.25, 0.3) is 11.0 Å². The number of alkyl halides is 1. The number of nitrogens with zero attached hydrogens (tertiary/aromatic N) is 1. The van der Waals surface area contributed by atoms with E-state index in [9.17, 15) is 9.59 Å². The molecule has 2 aromatic rings. The van der Waals surface area contributed by atoms with Crippen molar-refractivity contribution in [2.45, 2.75) is 18.7 Å². The van der Waals surface area contributed by atoms with Crippen molar-refractivity contribution in [2.24, 2.45) is 5.92 Å². The fourth-order valence-corrected chi connectivity index (χ4v) is 2.86. The number of fused-ring (bicyclic) bond motifs is 1. The first-order valence-electron chi connectivity index (χ1n) is 7.99. The maximum Gasteiger partial charge on any atom is 0.323 e. The highest BCUT2D eigenvalue weighted by Gasteiger charge is 2.22. The summed E-state index contributed by atoms with van der Waals surface area (Å²) in [5, 5.41) is 2.99. The molecule has 1 atom stereocenters. The molecule has 1 fully saturated rings. The van der Waals surface area contributed by atoms with Crippen LogP contribution in [0.1, 0.15) is 13.8 Å². The minimum atomic E-state index is -0.281. The van der Waals surface area contributed by atoms with Gasteiger partial charge in [-0.1, -0.05) is 29.8 Å². The average Bonchev–Trinajstić information content (AvgIpc) is 2.93. The van der Waals surface area contributed by atoms with E-state index in [0.717, 1.165) is 24.3 Å². The van der Waals surface area contributed by atoms with E-state index in [1.807, 2.05) is 19.9 Å². The molecular weight excluding hydrogens is 376 g/mol. The smallest absolute Gasteiger partial charge is 0.323 e. The number of carbonyl (C=O) groups is 1. The van der Waals surface area contributed by atoms with Crippen LogP contribution in [0.3, 0.4) is 0 Å². The van der Waals surface area contributed by atoms with Crippen LogP contribution in [0, 0.1) is 5.92 Å². The number of aromatic amines is 2. The van der Waals surface area contributed by atoms with E-state index in [-0.39, 0.29) is 22.3 Å². The van der Waals surface area contributed by atoms with Crippen LogP contribution in [-0.4, -0.2) is 47.0 Å². The lowest BCUT2D eigenvalue weighted by molar-refractivity contribution is -0.116. The molecule has 1 saturated heterocycles. The van der Waals surface area contributed by atoms with Gasteiger partial charge in [0, 0.05) is 13.1 Å². The predicted molar refractivity (Wildman–Crippen MR) is 98.1 cm³/mol. The zero-order valence-electron chi connectivity index (χ0n) is 13.7. The van der Waals surface area contributed by atoms with Gasteiger partial charge in [0.15, 0.2) is 0 Å². The summed E-state index contributed by atoms with van der Waals surface area (Å²) in [4.78, 5) is 31.4. The Balaban J connectivity index is 1.99. The third kappa shape index (κ3) is 3.49. The Labute approximate surface area is 147 Å². The molecule has 0 unspecified atom stereocenters. The van der Waals surface area contributed by atoms with Crippen LogP contribution < -0.4 is 15.9 Å². The SMILES string of the molecule is CC(C)[C@@H](Br)C(=O)Nc1cc2[nH]c(=O)[nH]c2cc1N1CCOCC1. The van der Waals surface area contributed by atoms with Crippen LogP contribution in [0.2, 0.25) is 0 Å². The van der Waals surface area contributed by atoms with Crippen molar-refractivity contribution in [1.82, 2.24) is 9.97 Å². The first-order valence-corrected chi connectivity index (χ1v) is 8.91. The van der Waals surface area contributed by atoms with E-state index in [0.29, 0.717) is 24.4 Å². The molecule has 1 aliphatic heterocycles. The van der Waals surface area contributed by atoms with Gasteiger partial charge in [0.05, 0.1) is 40.4 Å². The second-order valence-corrected chi connectivity index (χ2v) is 7.22. The van der Waals surface area contributed by atoms with E-state index in [1.165, 1.54) is 0 Å². The molecule has 1 aromatic heterocycles. The second-order valence-electron chi connectivity index (χ2n) is 6.23. The number of anilines is 2. The minimum Gasteiger partial charge on any atom is -0.378 e. The number of hydrogen-bond acceptors (Lipinski definition) is 4. The van der Waals surface area contributed by atoms with Crippen LogP contribution in [0.15, 0.2) is 16.9 Å². The summed E-state index contributed by atoms with van der Waals surface area (Å²) in [5.74, 6) is 0.0735. The quantitative estimate of drug-likeness (QED) is 0.689. The van der Waals surface area contributed by atoms with Gasteiger partial charge in [0.2, 0.25) is 5.91 Å². The number of hydrogen-bond donors (Lipinski definition) is 3. The number of imidazole rings is 1. The number of aromatic nitrogens is 2. The summed E-state index contributed by atoms with van der Waals surface area (Å²) in [5.41, 5.74) is 2.70. The lowest BCUT2D eigenvalue weighted by Gasteiger charge is -2.31. The minimum absolute atomic E-state index is 0.100. The van der Waals surface area contributed by atoms with E-state index < -0.39 is 0 Å². The molecule has 0 spiro atoms. The van der Waals surface area contributed by atoms with Crippen molar-refractivity contribution in [2.75, 3.05) is 36.5 Å². The fourth-order valence-electron chi connectivity index (χ4n) is 2.74. The molecule has 8 heteroatoms. The number of ether oxygens (including phenoxy) is 1. The van der Waals surface area contributed by atoms with Gasteiger partial charge in [0.1, 0.15) is 0 Å². The molecular formula is C16H21BrN4O3. The molecule has 0 saturated carbocycles. The predicted octanol–water partition coefficient (Wildman–Crippen LogP) is 2.05. The van der Waals surface area contributed by atoms with E-state index >= 15 is 0 Å². The topological polar surface area (TPSA) is 90.2 Å². The molecule has 1 aliphatic rings. The fraction of sp³-hybridized carbons (Fsp3) is 0.500. The number of rotatable bonds is 4. The van der Waals surface area contributed by atoms with Crippen molar-refractivity contribution < 1.29 is 9.53 Å². The highest BCUT2D eigenvalue weighted by molar-refractivity contribution is 9.10. The van der Waals surface area contributed by atoms with Crippen molar-refractivity contribution in [3.8, 4) is 0 Å². The van der Waals surface area contributed by atoms with Gasteiger partial charge in [-0.05, 0) is 18.1 Å². The molecule has 2 heterocycles. The largest absolute Gasteiger partial charge is 0.378 e. The summed E-state index contributed by atoms with van der Waals surface area (Å²) in [7, 11) is 0. The van der Waals surface area contributed by atoms with Crippen LogP contribution in [0.5, 0.6) is 0 Å². The zero-order chi connectivity index (χ0) is 17.3. The zero-order valence-corrected chi connectivity index (χ0v) is 15.3. The van der Waals surface area contributed by atoms with E-state index in [4.69, 9.17) is 4.74 Å². The number of amides is 1. The van der Waals surface area contributed by atoms with E-state index in [2.05, 4.69) is 36.1 Å². The Bertz CT molecular complexity index is 792. The Morgan fingerprint density at radius 1 is 1.25 bits per heavy atom. The molecule has 1 amide bonds. The van der Waals surface area contributed by atoms with Gasteiger partial charge in [0.25, 0.3) is 0 Å². The summed E-state index contributed by atoms with van der Waals surface area (Å²) in [6, 6.07) is 3.70. The number of benzene rings is 1. The average molecular weight is 397 g/mol. The van der Waals surface area contributed by atoms with E-state index in [1.54, 1.807) is 6.07 Å². The second kappa shape index (κ2) is 6.98. The Morgan fingerprint density at radius 3 is 2.50 bits per heavy atom. The molecule has 3 rings (SSSR count). The van der Waals surface area contributed by atoms with Gasteiger partial charge >= 0.3 is 5.69 Å². The molecule has 0 bridgehead atoms. The summed E-state index contributed by atoms with van der Waals surface area (Å²) in [6.45, 7) is 6.73. The molecule has 1 aromatic carbocycles. The number of carbonyl (C=O) groups excluding carboxylic acids is 1. The number of halogens is 1.